The average Bonchev–Trinajstić information content (AvgIpc) is 2.38. The van der Waals surface area contributed by atoms with Gasteiger partial charge in [0, 0.05) is 18.1 Å². The molecule has 0 saturated heterocycles. The van der Waals surface area contributed by atoms with Crippen molar-refractivity contribution < 1.29 is 9.52 Å². The Morgan fingerprint density at radius 1 is 1.18 bits per heavy atom. The van der Waals surface area contributed by atoms with E-state index in [-0.39, 0.29) is 5.78 Å². The average molecular weight is 227 g/mol. The minimum Gasteiger partial charge on any atom is -0.618 e. The van der Waals surface area contributed by atoms with Crippen LogP contribution < -0.4 is 4.73 Å². The fourth-order valence-electron chi connectivity index (χ4n) is 1.78. The summed E-state index contributed by atoms with van der Waals surface area (Å²) < 4.78 is 0.748. The Bertz CT molecular complexity index is 535. The number of hydrogen-bond acceptors (Lipinski definition) is 2. The maximum absolute atomic E-state index is 11.8. The van der Waals surface area contributed by atoms with Gasteiger partial charge in [-0.2, -0.15) is 4.73 Å². The van der Waals surface area contributed by atoms with Crippen molar-refractivity contribution in [3.05, 3.63) is 59.4 Å². The molecule has 86 valence electrons. The molecule has 0 fully saturated rings. The Morgan fingerprint density at radius 2 is 1.88 bits per heavy atom. The molecule has 1 aromatic carbocycles. The lowest BCUT2D eigenvalue weighted by atomic mass is 10.0. The number of nitrogens with zero attached hydrogens (tertiary/aromatic N) is 1. The van der Waals surface area contributed by atoms with Crippen LogP contribution in [0.2, 0.25) is 0 Å². The van der Waals surface area contributed by atoms with Gasteiger partial charge in [0.1, 0.15) is 0 Å². The molecule has 3 nitrogen and oxygen atoms in total. The third-order valence-electron chi connectivity index (χ3n) is 2.63. The summed E-state index contributed by atoms with van der Waals surface area (Å²) in [5.74, 6) is -0.0194. The molecule has 1 aromatic heterocycles. The number of carbonyl (C=O) groups is 1. The van der Waals surface area contributed by atoms with Crippen molar-refractivity contribution in [3.8, 4) is 11.3 Å². The largest absolute Gasteiger partial charge is 0.618 e. The van der Waals surface area contributed by atoms with Crippen LogP contribution in [-0.2, 0) is 0 Å². The van der Waals surface area contributed by atoms with Crippen LogP contribution in [0.4, 0.5) is 0 Å². The van der Waals surface area contributed by atoms with Gasteiger partial charge < -0.3 is 5.21 Å². The Hall–Kier alpha value is -2.16. The fraction of sp³-hybridized carbons (Fsp3) is 0.143. The number of rotatable bonds is 3. The van der Waals surface area contributed by atoms with E-state index in [0.29, 0.717) is 17.7 Å². The van der Waals surface area contributed by atoms with Crippen LogP contribution in [0.5, 0.6) is 0 Å². The van der Waals surface area contributed by atoms with Gasteiger partial charge in [0.25, 0.3) is 0 Å². The van der Waals surface area contributed by atoms with E-state index in [1.165, 1.54) is 6.20 Å². The molecule has 0 aliphatic rings. The van der Waals surface area contributed by atoms with Crippen molar-refractivity contribution in [1.29, 1.82) is 0 Å². The maximum Gasteiger partial charge on any atom is 0.234 e. The minimum absolute atomic E-state index is 0.0194. The molecule has 0 atom stereocenters. The molecule has 17 heavy (non-hydrogen) atoms. The predicted octanol–water partition coefficient (Wildman–Crippen LogP) is 2.58. The van der Waals surface area contributed by atoms with Crippen LogP contribution >= 0.6 is 0 Å². The Balaban J connectivity index is 2.64. The third-order valence-corrected chi connectivity index (χ3v) is 2.63. The van der Waals surface area contributed by atoms with Crippen molar-refractivity contribution in [3.63, 3.8) is 0 Å². The molecule has 0 unspecified atom stereocenters. The minimum atomic E-state index is -0.0194. The van der Waals surface area contributed by atoms with E-state index in [9.17, 15) is 10.0 Å². The van der Waals surface area contributed by atoms with E-state index in [1.807, 2.05) is 30.3 Å². The van der Waals surface area contributed by atoms with Gasteiger partial charge in [-0.1, -0.05) is 25.1 Å². The van der Waals surface area contributed by atoms with Crippen LogP contribution in [0, 0.1) is 5.21 Å². The quantitative estimate of drug-likeness (QED) is 0.459. The first kappa shape index (κ1) is 11.3. The number of hydrogen-bond donors (Lipinski definition) is 0. The molecule has 0 aliphatic heterocycles. The molecule has 3 heteroatoms. The van der Waals surface area contributed by atoms with E-state index < -0.39 is 0 Å². The zero-order valence-corrected chi connectivity index (χ0v) is 9.59. The van der Waals surface area contributed by atoms with Crippen molar-refractivity contribution in [2.45, 2.75) is 13.3 Å². The van der Waals surface area contributed by atoms with E-state index in [0.717, 1.165) is 10.3 Å². The third kappa shape index (κ3) is 2.18. The number of ketones is 1. The van der Waals surface area contributed by atoms with E-state index in [2.05, 4.69) is 0 Å². The maximum atomic E-state index is 11.8. The lowest BCUT2D eigenvalue weighted by Gasteiger charge is -2.08. The highest BCUT2D eigenvalue weighted by Crippen LogP contribution is 2.20. The van der Waals surface area contributed by atoms with Gasteiger partial charge >= 0.3 is 0 Å². The van der Waals surface area contributed by atoms with Gasteiger partial charge in [-0.25, -0.2) is 0 Å². The van der Waals surface area contributed by atoms with E-state index in [4.69, 9.17) is 0 Å². The second kappa shape index (κ2) is 4.78. The normalized spacial score (nSPS) is 10.2. The molecule has 1 heterocycles. The fourth-order valence-corrected chi connectivity index (χ4v) is 1.78. The first-order chi connectivity index (χ1) is 8.24. The number of pyridine rings is 1. The molecular weight excluding hydrogens is 214 g/mol. The van der Waals surface area contributed by atoms with Crippen molar-refractivity contribution >= 4 is 5.78 Å². The molecule has 0 saturated carbocycles. The van der Waals surface area contributed by atoms with E-state index >= 15 is 0 Å². The first-order valence-electron chi connectivity index (χ1n) is 5.55. The number of benzene rings is 1. The Labute approximate surface area is 99.9 Å². The summed E-state index contributed by atoms with van der Waals surface area (Å²) >= 11 is 0. The molecule has 0 spiro atoms. The topological polar surface area (TPSA) is 44.0 Å². The van der Waals surface area contributed by atoms with Crippen LogP contribution in [0.25, 0.3) is 11.3 Å². The van der Waals surface area contributed by atoms with Gasteiger partial charge in [0.05, 0.1) is 5.56 Å². The molecule has 2 rings (SSSR count). The Kier molecular flexibility index (Phi) is 3.19. The predicted molar refractivity (Wildman–Crippen MR) is 65.5 cm³/mol. The van der Waals surface area contributed by atoms with Crippen LogP contribution in [0.3, 0.4) is 0 Å². The first-order valence-corrected chi connectivity index (χ1v) is 5.55. The summed E-state index contributed by atoms with van der Waals surface area (Å²) in [6.45, 7) is 1.79. The van der Waals surface area contributed by atoms with Gasteiger partial charge in [0.15, 0.2) is 12.0 Å². The van der Waals surface area contributed by atoms with Gasteiger partial charge in [-0.15, -0.1) is 0 Å². The monoisotopic (exact) mass is 227 g/mol. The zero-order chi connectivity index (χ0) is 12.3. The van der Waals surface area contributed by atoms with Gasteiger partial charge in [0.2, 0.25) is 5.69 Å². The number of Topliss-reactive ketones (excluding diaryl/α,β-unsaturated/α-hetero) is 1. The molecule has 0 radical (unpaired) electrons. The molecule has 2 aromatic rings. The standard InChI is InChI=1S/C14H13NO2/c1-2-13(16)12-9-6-10-15(17)14(12)11-7-4-3-5-8-11/h3-10H,2H2,1H3. The lowest BCUT2D eigenvalue weighted by Crippen LogP contribution is -2.30. The highest BCUT2D eigenvalue weighted by atomic mass is 16.5. The number of carbonyl (C=O) groups excluding carboxylic acids is 1. The summed E-state index contributed by atoms with van der Waals surface area (Å²) in [7, 11) is 0. The summed E-state index contributed by atoms with van der Waals surface area (Å²) in [4.78, 5) is 11.8. The van der Waals surface area contributed by atoms with Gasteiger partial charge in [-0.3, -0.25) is 4.79 Å². The molecule has 0 bridgehead atoms. The van der Waals surface area contributed by atoms with Crippen LogP contribution in [-0.4, -0.2) is 5.78 Å². The highest BCUT2D eigenvalue weighted by Gasteiger charge is 2.18. The summed E-state index contributed by atoms with van der Waals surface area (Å²) in [6.07, 6.45) is 1.80. The second-order valence-corrected chi connectivity index (χ2v) is 3.74. The van der Waals surface area contributed by atoms with Crippen molar-refractivity contribution in [1.82, 2.24) is 0 Å². The summed E-state index contributed by atoms with van der Waals surface area (Å²) in [5, 5.41) is 11.8. The molecule has 0 N–H and O–H groups in total. The van der Waals surface area contributed by atoms with E-state index in [1.54, 1.807) is 19.1 Å². The second-order valence-electron chi connectivity index (χ2n) is 3.74. The smallest absolute Gasteiger partial charge is 0.234 e. The van der Waals surface area contributed by atoms with Crippen molar-refractivity contribution in [2.24, 2.45) is 0 Å². The lowest BCUT2D eigenvalue weighted by molar-refractivity contribution is -0.593. The number of aromatic nitrogens is 1. The van der Waals surface area contributed by atoms with Crippen LogP contribution in [0.1, 0.15) is 23.7 Å². The highest BCUT2D eigenvalue weighted by molar-refractivity contribution is 6.00. The van der Waals surface area contributed by atoms with Gasteiger partial charge in [-0.05, 0) is 18.2 Å². The Morgan fingerprint density at radius 3 is 2.53 bits per heavy atom. The summed E-state index contributed by atoms with van der Waals surface area (Å²) in [5.41, 5.74) is 1.68. The molecular formula is C14H13NO2. The molecule has 0 aliphatic carbocycles. The van der Waals surface area contributed by atoms with Crippen LogP contribution in [0.15, 0.2) is 48.7 Å². The molecule has 0 amide bonds. The zero-order valence-electron chi connectivity index (χ0n) is 9.59. The van der Waals surface area contributed by atoms with Crippen molar-refractivity contribution in [2.75, 3.05) is 0 Å². The summed E-state index contributed by atoms with van der Waals surface area (Å²) in [6, 6.07) is 12.5. The SMILES string of the molecule is CCC(=O)c1ccc[n+]([O-])c1-c1ccccc1.